The molecule has 0 atom stereocenters. The molecule has 10 rings (SSSR count). The average Bonchev–Trinajstić information content (AvgIpc) is 4.31. The molecule has 0 aliphatic heterocycles. The summed E-state index contributed by atoms with van der Waals surface area (Å²) < 4.78 is 44.9. The number of esters is 2. The molecule has 6 aromatic carbocycles. The van der Waals surface area contributed by atoms with Gasteiger partial charge in [-0.05, 0) is 196 Å². The SMILES string of the molecule is C=CC(=O)OCCCCOc1ccc2c(OC(=O)OC3CCC(C(=O)Nc4cccc5c4C4(CC5)CCc5cccc(NC(=O)C6CCC(OC(=O)Oc7cccc8cc(OCCCCOC(=O)C=C)ccc78)CC6)c54)CC3)cccc2c1. The molecule has 4 aliphatic rings. The number of anilines is 2. The van der Waals surface area contributed by atoms with Gasteiger partial charge in [0.25, 0.3) is 0 Å². The van der Waals surface area contributed by atoms with Gasteiger partial charge in [0, 0.05) is 51.6 Å². The zero-order chi connectivity index (χ0) is 57.7. The largest absolute Gasteiger partial charge is 0.514 e. The molecule has 0 unspecified atom stereocenters. The van der Waals surface area contributed by atoms with Crippen LogP contribution in [0.3, 0.4) is 0 Å². The van der Waals surface area contributed by atoms with Crippen molar-refractivity contribution in [3.63, 3.8) is 0 Å². The highest BCUT2D eigenvalue weighted by Crippen LogP contribution is 2.57. The van der Waals surface area contributed by atoms with Crippen LogP contribution in [0.4, 0.5) is 21.0 Å². The van der Waals surface area contributed by atoms with Gasteiger partial charge in [0.05, 0.1) is 26.4 Å². The van der Waals surface area contributed by atoms with Crippen LogP contribution in [-0.4, -0.2) is 74.7 Å². The number of carbonyl (C=O) groups is 6. The second-order valence-corrected chi connectivity index (χ2v) is 21.8. The van der Waals surface area contributed by atoms with Crippen LogP contribution in [0.15, 0.2) is 135 Å². The molecule has 16 heteroatoms. The monoisotopic (exact) mass is 1130 g/mol. The molecule has 6 aromatic rings. The number of amides is 2. The molecule has 16 nitrogen and oxygen atoms in total. The second-order valence-electron chi connectivity index (χ2n) is 21.8. The van der Waals surface area contributed by atoms with Crippen molar-refractivity contribution in [2.75, 3.05) is 37.1 Å². The highest BCUT2D eigenvalue weighted by molar-refractivity contribution is 5.97. The molecule has 83 heavy (non-hydrogen) atoms. The fraction of sp³-hybridized carbons (Fsp3) is 0.373. The Bertz CT molecular complexity index is 3170. The highest BCUT2D eigenvalue weighted by atomic mass is 16.7. The van der Waals surface area contributed by atoms with Crippen LogP contribution in [0.1, 0.15) is 112 Å². The van der Waals surface area contributed by atoms with Gasteiger partial charge in [-0.1, -0.05) is 61.7 Å². The Morgan fingerprint density at radius 2 is 0.904 bits per heavy atom. The summed E-state index contributed by atoms with van der Waals surface area (Å²) in [5, 5.41) is 9.82. The fourth-order valence-electron chi connectivity index (χ4n) is 12.3. The van der Waals surface area contributed by atoms with E-state index in [1.165, 1.54) is 11.1 Å². The summed E-state index contributed by atoms with van der Waals surface area (Å²) in [6.45, 7) is 8.28. The van der Waals surface area contributed by atoms with E-state index in [9.17, 15) is 28.8 Å². The zero-order valence-corrected chi connectivity index (χ0v) is 46.6. The van der Waals surface area contributed by atoms with Gasteiger partial charge >= 0.3 is 24.2 Å². The van der Waals surface area contributed by atoms with Crippen LogP contribution in [0, 0.1) is 11.8 Å². The standard InChI is InChI=1S/C67H70N2O14/c1-3-59(70)78-39-7-5-37-76-51-29-31-53-47(41-51)15-11-19-57(53)82-65(74)80-49-25-21-45(22-26-49)63(72)68-55-17-9-13-43-33-35-67(61(43)55)36-34-44-14-10-18-56(62(44)67)69-64(73)46-23-27-50(28-24-46)81-66(75)83-58-20-12-16-48-42-52(30-32-54(48)58)77-38-6-8-40-79-60(71)4-2/h3-4,9-20,29-32,41-42,45-46,49-50H,1-2,5-8,21-28,33-40H2,(H,68,72)(H,69,73). The first-order valence-corrected chi connectivity index (χ1v) is 29.0. The fourth-order valence-corrected chi connectivity index (χ4v) is 12.3. The number of carbonyl (C=O) groups excluding carboxylic acids is 6. The van der Waals surface area contributed by atoms with Gasteiger partial charge in [0.15, 0.2) is 0 Å². The number of benzene rings is 6. The predicted octanol–water partition coefficient (Wildman–Crippen LogP) is 13.4. The van der Waals surface area contributed by atoms with Crippen LogP contribution in [0.25, 0.3) is 21.5 Å². The molecule has 2 N–H and O–H groups in total. The Morgan fingerprint density at radius 3 is 1.33 bits per heavy atom. The van der Waals surface area contributed by atoms with Crippen LogP contribution >= 0.6 is 0 Å². The van der Waals surface area contributed by atoms with Crippen molar-refractivity contribution in [1.29, 1.82) is 0 Å². The van der Waals surface area contributed by atoms with E-state index in [0.717, 1.165) is 81.9 Å². The van der Waals surface area contributed by atoms with Crippen molar-refractivity contribution in [2.24, 2.45) is 11.8 Å². The van der Waals surface area contributed by atoms with Crippen LogP contribution in [-0.2, 0) is 56.4 Å². The van der Waals surface area contributed by atoms with Gasteiger partial charge in [0.2, 0.25) is 11.8 Å². The molecule has 4 aliphatic carbocycles. The molecule has 2 fully saturated rings. The van der Waals surface area contributed by atoms with Crippen molar-refractivity contribution < 1.29 is 66.7 Å². The molecular weight excluding hydrogens is 1060 g/mol. The lowest BCUT2D eigenvalue weighted by atomic mass is 9.75. The summed E-state index contributed by atoms with van der Waals surface area (Å²) in [5.74, 6) is 0.511. The predicted molar refractivity (Wildman–Crippen MR) is 313 cm³/mol. The minimum atomic E-state index is -0.796. The summed E-state index contributed by atoms with van der Waals surface area (Å²) in [4.78, 5) is 77.1. The van der Waals surface area contributed by atoms with Gasteiger partial charge in [-0.2, -0.15) is 0 Å². The maximum Gasteiger partial charge on any atom is 0.514 e. The van der Waals surface area contributed by atoms with Crippen molar-refractivity contribution in [3.05, 3.63) is 157 Å². The minimum Gasteiger partial charge on any atom is -0.494 e. The number of nitrogens with one attached hydrogen (secondary N) is 2. The molecule has 0 saturated heterocycles. The van der Waals surface area contributed by atoms with Crippen molar-refractivity contribution >= 4 is 69.0 Å². The maximum atomic E-state index is 14.2. The quantitative estimate of drug-likeness (QED) is 0.0214. The smallest absolute Gasteiger partial charge is 0.494 e. The highest BCUT2D eigenvalue weighted by Gasteiger charge is 2.48. The summed E-state index contributed by atoms with van der Waals surface area (Å²) >= 11 is 0. The van der Waals surface area contributed by atoms with E-state index >= 15 is 0 Å². The molecule has 0 aromatic heterocycles. The summed E-state index contributed by atoms with van der Waals surface area (Å²) in [6, 6.07) is 34.2. The van der Waals surface area contributed by atoms with E-state index in [1.807, 2.05) is 72.8 Å². The molecule has 0 radical (unpaired) electrons. The number of hydrogen-bond donors (Lipinski definition) is 2. The van der Waals surface area contributed by atoms with Gasteiger partial charge in [-0.3, -0.25) is 9.59 Å². The zero-order valence-electron chi connectivity index (χ0n) is 46.6. The van der Waals surface area contributed by atoms with E-state index in [1.54, 1.807) is 24.3 Å². The van der Waals surface area contributed by atoms with E-state index in [2.05, 4.69) is 35.9 Å². The van der Waals surface area contributed by atoms with Crippen LogP contribution < -0.4 is 29.6 Å². The Labute approximate surface area is 482 Å². The topological polar surface area (TPSA) is 200 Å². The third-order valence-electron chi connectivity index (χ3n) is 16.5. The molecule has 432 valence electrons. The average molecular weight is 1130 g/mol. The first kappa shape index (κ1) is 57.6. The Kier molecular flexibility index (Phi) is 18.7. The number of ether oxygens (including phenoxy) is 8. The number of unbranched alkanes of at least 4 members (excludes halogenated alkanes) is 2. The molecule has 1 spiro atoms. The normalized spacial score (nSPS) is 19.6. The van der Waals surface area contributed by atoms with E-state index in [-0.39, 0.29) is 23.7 Å². The number of hydrogen-bond acceptors (Lipinski definition) is 14. The van der Waals surface area contributed by atoms with Gasteiger partial charge in [0.1, 0.15) is 35.2 Å². The Hall–Kier alpha value is -8.66. The lowest BCUT2D eigenvalue weighted by Gasteiger charge is -2.32. The van der Waals surface area contributed by atoms with Crippen molar-refractivity contribution in [3.8, 4) is 23.0 Å². The summed E-state index contributed by atoms with van der Waals surface area (Å²) in [7, 11) is 0. The third-order valence-corrected chi connectivity index (χ3v) is 16.5. The number of rotatable bonds is 22. The van der Waals surface area contributed by atoms with Crippen LogP contribution in [0.2, 0.25) is 0 Å². The summed E-state index contributed by atoms with van der Waals surface area (Å²) in [5.41, 5.74) is 5.81. The van der Waals surface area contributed by atoms with Gasteiger partial charge in [-0.25, -0.2) is 19.2 Å². The second kappa shape index (κ2) is 26.9. The molecule has 2 amide bonds. The Balaban J connectivity index is 0.690. The molecule has 2 saturated carbocycles. The molecule has 0 heterocycles. The van der Waals surface area contributed by atoms with E-state index in [4.69, 9.17) is 37.9 Å². The Morgan fingerprint density at radius 1 is 0.494 bits per heavy atom. The number of aryl methyl sites for hydroxylation is 2. The van der Waals surface area contributed by atoms with Crippen molar-refractivity contribution in [1.82, 2.24) is 0 Å². The lowest BCUT2D eigenvalue weighted by Crippen LogP contribution is -2.33. The molecule has 0 bridgehead atoms. The lowest BCUT2D eigenvalue weighted by molar-refractivity contribution is -0.138. The van der Waals surface area contributed by atoms with E-state index in [0.29, 0.717) is 126 Å². The maximum absolute atomic E-state index is 14.2. The van der Waals surface area contributed by atoms with Crippen LogP contribution in [0.5, 0.6) is 23.0 Å². The van der Waals surface area contributed by atoms with Gasteiger partial charge in [-0.15, -0.1) is 0 Å². The first-order chi connectivity index (χ1) is 40.5. The first-order valence-electron chi connectivity index (χ1n) is 29.0. The molecular formula is C67H70N2O14. The third kappa shape index (κ3) is 14.0. The van der Waals surface area contributed by atoms with E-state index < -0.39 is 41.9 Å². The van der Waals surface area contributed by atoms with Crippen molar-refractivity contribution in [2.45, 2.75) is 120 Å². The minimum absolute atomic E-state index is 0.0628. The summed E-state index contributed by atoms with van der Waals surface area (Å²) in [6.07, 6.45) is 10.3. The number of fused-ring (bicyclic) bond motifs is 6. The van der Waals surface area contributed by atoms with Gasteiger partial charge < -0.3 is 48.5 Å².